The quantitative estimate of drug-likeness (QED) is 0.746. The van der Waals surface area contributed by atoms with Gasteiger partial charge in [0.25, 0.3) is 0 Å². The summed E-state index contributed by atoms with van der Waals surface area (Å²) >= 11 is 1.62. The zero-order chi connectivity index (χ0) is 20.6. The topological polar surface area (TPSA) is 57.7 Å². The summed E-state index contributed by atoms with van der Waals surface area (Å²) in [5.74, 6) is 0.477. The second-order valence-electron chi connectivity index (χ2n) is 7.87. The molecule has 0 aromatic heterocycles. The van der Waals surface area contributed by atoms with E-state index >= 15 is 0 Å². The molecule has 2 aliphatic heterocycles. The first-order valence-electron chi connectivity index (χ1n) is 10.00. The fourth-order valence-electron chi connectivity index (χ4n) is 3.85. The summed E-state index contributed by atoms with van der Waals surface area (Å²) in [5, 5.41) is -0.0980. The van der Waals surface area contributed by atoms with Crippen LogP contribution in [-0.4, -0.2) is 55.0 Å². The van der Waals surface area contributed by atoms with Crippen molar-refractivity contribution in [2.24, 2.45) is 0 Å². The number of piperazine rings is 1. The van der Waals surface area contributed by atoms with E-state index in [1.54, 1.807) is 23.9 Å². The molecule has 1 saturated heterocycles. The summed E-state index contributed by atoms with van der Waals surface area (Å²) in [6, 6.07) is 15.3. The highest BCUT2D eigenvalue weighted by molar-refractivity contribution is 8.01. The summed E-state index contributed by atoms with van der Waals surface area (Å²) in [6.07, 6.45) is 0.750. The summed E-state index contributed by atoms with van der Waals surface area (Å²) in [4.78, 5) is 16.3. The predicted molar refractivity (Wildman–Crippen MR) is 116 cm³/mol. The number of carbonyl (C=O) groups excluding carboxylic acids is 1. The van der Waals surface area contributed by atoms with E-state index in [-0.39, 0.29) is 11.2 Å². The molecule has 29 heavy (non-hydrogen) atoms. The average Bonchev–Trinajstić information content (AvgIpc) is 3.17. The highest BCUT2D eigenvalue weighted by Gasteiger charge is 2.35. The number of nitrogens with zero attached hydrogens (tertiary/aromatic N) is 2. The maximum absolute atomic E-state index is 13.0. The lowest BCUT2D eigenvalue weighted by molar-refractivity contribution is -0.131. The monoisotopic (exact) mass is 430 g/mol. The van der Waals surface area contributed by atoms with Gasteiger partial charge in [0.2, 0.25) is 15.9 Å². The van der Waals surface area contributed by atoms with Gasteiger partial charge in [-0.15, -0.1) is 11.8 Å². The largest absolute Gasteiger partial charge is 0.339 e. The Morgan fingerprint density at radius 1 is 1.00 bits per heavy atom. The molecule has 7 heteroatoms. The second-order valence-corrected chi connectivity index (χ2v) is 11.1. The van der Waals surface area contributed by atoms with E-state index in [2.05, 4.69) is 26.0 Å². The molecule has 2 heterocycles. The molecule has 1 fully saturated rings. The minimum absolute atomic E-state index is 0.0980. The Hall–Kier alpha value is -1.83. The molecule has 0 saturated carbocycles. The van der Waals surface area contributed by atoms with Crippen LogP contribution in [0.2, 0.25) is 0 Å². The number of carbonyl (C=O) groups is 1. The fraction of sp³-hybridized carbons (Fsp3) is 0.409. The van der Waals surface area contributed by atoms with E-state index in [0.29, 0.717) is 37.0 Å². The Morgan fingerprint density at radius 2 is 1.66 bits per heavy atom. The zero-order valence-corrected chi connectivity index (χ0v) is 18.4. The molecular formula is C22H26N2O3S2. The van der Waals surface area contributed by atoms with Crippen molar-refractivity contribution in [3.63, 3.8) is 0 Å². The van der Waals surface area contributed by atoms with E-state index in [4.69, 9.17) is 0 Å². The van der Waals surface area contributed by atoms with Crippen LogP contribution >= 0.6 is 11.8 Å². The minimum atomic E-state index is -3.53. The molecule has 1 amide bonds. The molecule has 1 atom stereocenters. The lowest BCUT2D eigenvalue weighted by Gasteiger charge is -2.35. The van der Waals surface area contributed by atoms with Gasteiger partial charge >= 0.3 is 0 Å². The third-order valence-corrected chi connectivity index (χ3v) is 8.88. The maximum Gasteiger partial charge on any atom is 0.243 e. The number of benzene rings is 2. The zero-order valence-electron chi connectivity index (χ0n) is 16.7. The molecule has 0 spiro atoms. The lowest BCUT2D eigenvalue weighted by atomic mass is 10.0. The molecule has 5 nitrogen and oxygen atoms in total. The molecular weight excluding hydrogens is 404 g/mol. The van der Waals surface area contributed by atoms with E-state index in [1.807, 2.05) is 29.2 Å². The number of hydrogen-bond acceptors (Lipinski definition) is 4. The standard InChI is InChI=1S/C22H26N2O3S2/c1-16(2)17-7-9-19(10-8-17)29(26,27)24-13-11-23(12-14-24)22(25)21-15-18-5-3-4-6-20(18)28-21/h3-10,16,21H,11-15H2,1-2H3. The molecule has 0 N–H and O–H groups in total. The number of sulfonamides is 1. The number of rotatable bonds is 4. The van der Waals surface area contributed by atoms with Crippen molar-refractivity contribution in [3.8, 4) is 0 Å². The molecule has 2 aromatic rings. The molecule has 0 bridgehead atoms. The van der Waals surface area contributed by atoms with Gasteiger partial charge in [0.05, 0.1) is 10.1 Å². The van der Waals surface area contributed by atoms with Crippen LogP contribution in [0.5, 0.6) is 0 Å². The van der Waals surface area contributed by atoms with Crippen LogP contribution < -0.4 is 0 Å². The molecule has 1 unspecified atom stereocenters. The van der Waals surface area contributed by atoms with Gasteiger partial charge in [-0.3, -0.25) is 4.79 Å². The first-order valence-corrected chi connectivity index (χ1v) is 12.3. The molecule has 0 radical (unpaired) electrons. The third-order valence-electron chi connectivity index (χ3n) is 5.66. The van der Waals surface area contributed by atoms with Gasteiger partial charge in [-0.2, -0.15) is 4.31 Å². The Balaban J connectivity index is 1.38. The van der Waals surface area contributed by atoms with Crippen LogP contribution in [0.25, 0.3) is 0 Å². The van der Waals surface area contributed by atoms with Crippen LogP contribution in [0, 0.1) is 0 Å². The minimum Gasteiger partial charge on any atom is -0.339 e. The Kier molecular flexibility index (Phi) is 5.73. The SMILES string of the molecule is CC(C)c1ccc(S(=O)(=O)N2CCN(C(=O)C3Cc4ccccc4S3)CC2)cc1. The maximum atomic E-state index is 13.0. The number of amides is 1. The Labute approximate surface area is 177 Å². The van der Waals surface area contributed by atoms with Gasteiger partial charge in [-0.05, 0) is 41.7 Å². The van der Waals surface area contributed by atoms with Gasteiger partial charge in [0, 0.05) is 31.1 Å². The summed E-state index contributed by atoms with van der Waals surface area (Å²) < 4.78 is 27.4. The highest BCUT2D eigenvalue weighted by Crippen LogP contribution is 2.37. The summed E-state index contributed by atoms with van der Waals surface area (Å²) in [7, 11) is -3.53. The molecule has 154 valence electrons. The van der Waals surface area contributed by atoms with E-state index < -0.39 is 10.0 Å². The normalized spacial score (nSPS) is 20.1. The molecule has 2 aromatic carbocycles. The van der Waals surface area contributed by atoms with Gasteiger partial charge in [-0.1, -0.05) is 44.2 Å². The molecule has 2 aliphatic rings. The number of fused-ring (bicyclic) bond motifs is 1. The van der Waals surface area contributed by atoms with Crippen molar-refractivity contribution < 1.29 is 13.2 Å². The van der Waals surface area contributed by atoms with Gasteiger partial charge in [-0.25, -0.2) is 8.42 Å². The van der Waals surface area contributed by atoms with E-state index in [1.165, 1.54) is 14.8 Å². The molecule has 0 aliphatic carbocycles. The van der Waals surface area contributed by atoms with Crippen LogP contribution in [-0.2, 0) is 21.2 Å². The van der Waals surface area contributed by atoms with Gasteiger partial charge < -0.3 is 4.90 Å². The smallest absolute Gasteiger partial charge is 0.243 e. The van der Waals surface area contributed by atoms with Gasteiger partial charge in [0.15, 0.2) is 0 Å². The van der Waals surface area contributed by atoms with E-state index in [9.17, 15) is 13.2 Å². The Bertz CT molecular complexity index is 970. The number of hydrogen-bond donors (Lipinski definition) is 0. The van der Waals surface area contributed by atoms with E-state index in [0.717, 1.165) is 12.0 Å². The van der Waals surface area contributed by atoms with Crippen LogP contribution in [0.3, 0.4) is 0 Å². The first-order chi connectivity index (χ1) is 13.9. The lowest BCUT2D eigenvalue weighted by Crippen LogP contribution is -2.52. The van der Waals surface area contributed by atoms with Crippen molar-refractivity contribution in [2.75, 3.05) is 26.2 Å². The number of thioether (sulfide) groups is 1. The summed E-state index contributed by atoms with van der Waals surface area (Å²) in [5.41, 5.74) is 2.34. The van der Waals surface area contributed by atoms with Gasteiger partial charge in [0.1, 0.15) is 0 Å². The van der Waals surface area contributed by atoms with Crippen LogP contribution in [0.15, 0.2) is 58.3 Å². The van der Waals surface area contributed by atoms with Crippen molar-refractivity contribution in [1.29, 1.82) is 0 Å². The van der Waals surface area contributed by atoms with Crippen molar-refractivity contribution in [1.82, 2.24) is 9.21 Å². The molecule has 4 rings (SSSR count). The van der Waals surface area contributed by atoms with Crippen molar-refractivity contribution in [3.05, 3.63) is 59.7 Å². The summed E-state index contributed by atoms with van der Waals surface area (Å²) in [6.45, 7) is 5.72. The highest BCUT2D eigenvalue weighted by atomic mass is 32.2. The average molecular weight is 431 g/mol. The second kappa shape index (κ2) is 8.13. The predicted octanol–water partition coefficient (Wildman–Crippen LogP) is 3.36. The van der Waals surface area contributed by atoms with Crippen LogP contribution in [0.4, 0.5) is 0 Å². The van der Waals surface area contributed by atoms with Crippen molar-refractivity contribution in [2.45, 2.75) is 41.2 Å². The first kappa shape index (κ1) is 20.4. The van der Waals surface area contributed by atoms with Crippen LogP contribution in [0.1, 0.15) is 30.9 Å². The van der Waals surface area contributed by atoms with Crippen molar-refractivity contribution >= 4 is 27.7 Å². The third kappa shape index (κ3) is 4.09. The Morgan fingerprint density at radius 3 is 2.28 bits per heavy atom. The fourth-order valence-corrected chi connectivity index (χ4v) is 6.55.